The van der Waals surface area contributed by atoms with Crippen molar-refractivity contribution < 1.29 is 4.74 Å². The van der Waals surface area contributed by atoms with Crippen LogP contribution in [0.1, 0.15) is 13.8 Å². The third-order valence-corrected chi connectivity index (χ3v) is 2.37. The molecule has 66 valence electrons. The first-order chi connectivity index (χ1) is 5.29. The maximum absolute atomic E-state index is 5.86. The third-order valence-electron chi connectivity index (χ3n) is 2.37. The van der Waals surface area contributed by atoms with Crippen LogP contribution in [0.4, 0.5) is 0 Å². The monoisotopic (exact) mass is 158 g/mol. The zero-order chi connectivity index (χ0) is 8.27. The first-order valence-electron chi connectivity index (χ1n) is 4.37. The van der Waals surface area contributed by atoms with Gasteiger partial charge in [-0.2, -0.15) is 0 Å². The molecule has 0 unspecified atom stereocenters. The van der Waals surface area contributed by atoms with Gasteiger partial charge in [-0.1, -0.05) is 13.8 Å². The quantitative estimate of drug-likeness (QED) is 0.631. The minimum Gasteiger partial charge on any atom is -0.378 e. The summed E-state index contributed by atoms with van der Waals surface area (Å²) in [5.74, 6) is 0. The van der Waals surface area contributed by atoms with E-state index in [2.05, 4.69) is 18.7 Å². The smallest absolute Gasteiger partial charge is 0.0638 e. The molecule has 0 aromatic rings. The number of hydrogen-bond donors (Lipinski definition) is 1. The van der Waals surface area contributed by atoms with Crippen LogP contribution < -0.4 is 5.73 Å². The Morgan fingerprint density at radius 1 is 1.36 bits per heavy atom. The largest absolute Gasteiger partial charge is 0.378 e. The Labute approximate surface area is 68.5 Å². The number of ether oxygens (including phenoxy) is 1. The molecule has 1 fully saturated rings. The minimum absolute atomic E-state index is 0.217. The van der Waals surface area contributed by atoms with Gasteiger partial charge in [0.1, 0.15) is 0 Å². The molecule has 2 N–H and O–H groups in total. The third kappa shape index (κ3) is 1.92. The number of rotatable bonds is 3. The van der Waals surface area contributed by atoms with Gasteiger partial charge in [-0.05, 0) is 13.1 Å². The Kier molecular flexibility index (Phi) is 3.30. The van der Waals surface area contributed by atoms with E-state index >= 15 is 0 Å². The molecule has 0 aliphatic carbocycles. The highest BCUT2D eigenvalue weighted by atomic mass is 16.5. The zero-order valence-electron chi connectivity index (χ0n) is 7.42. The lowest BCUT2D eigenvalue weighted by Gasteiger charge is -2.27. The lowest BCUT2D eigenvalue weighted by molar-refractivity contribution is 0.151. The molecule has 0 aromatic carbocycles. The second kappa shape index (κ2) is 4.04. The molecule has 0 bridgehead atoms. The number of nitrogens with two attached hydrogens (primary N) is 1. The van der Waals surface area contributed by atoms with Gasteiger partial charge >= 0.3 is 0 Å². The van der Waals surface area contributed by atoms with Crippen molar-refractivity contribution >= 4 is 0 Å². The van der Waals surface area contributed by atoms with Crippen LogP contribution in [0.25, 0.3) is 0 Å². The van der Waals surface area contributed by atoms with Gasteiger partial charge in [0.05, 0.1) is 19.3 Å². The normalized spacial score (nSPS) is 31.6. The average molecular weight is 158 g/mol. The summed E-state index contributed by atoms with van der Waals surface area (Å²) in [4.78, 5) is 2.36. The molecule has 0 aromatic heterocycles. The Morgan fingerprint density at radius 2 is 2.00 bits per heavy atom. The summed E-state index contributed by atoms with van der Waals surface area (Å²) < 4.78 is 5.29. The van der Waals surface area contributed by atoms with Crippen molar-refractivity contribution in [1.29, 1.82) is 0 Å². The van der Waals surface area contributed by atoms with Crippen LogP contribution in [-0.2, 0) is 4.74 Å². The molecule has 0 spiro atoms. The van der Waals surface area contributed by atoms with E-state index in [-0.39, 0.29) is 6.04 Å². The first-order valence-corrected chi connectivity index (χ1v) is 4.37. The van der Waals surface area contributed by atoms with E-state index < -0.39 is 0 Å². The molecule has 3 nitrogen and oxygen atoms in total. The molecule has 1 aliphatic rings. The summed E-state index contributed by atoms with van der Waals surface area (Å²) in [7, 11) is 0. The number of likely N-dealkylation sites (N-methyl/N-ethyl adjacent to an activating group) is 1. The maximum Gasteiger partial charge on any atom is 0.0638 e. The summed E-state index contributed by atoms with van der Waals surface area (Å²) in [5.41, 5.74) is 5.86. The van der Waals surface area contributed by atoms with Gasteiger partial charge in [0.2, 0.25) is 0 Å². The van der Waals surface area contributed by atoms with Crippen molar-refractivity contribution in [2.45, 2.75) is 25.9 Å². The number of hydrogen-bond acceptors (Lipinski definition) is 3. The van der Waals surface area contributed by atoms with Gasteiger partial charge in [-0.25, -0.2) is 0 Å². The minimum atomic E-state index is 0.217. The highest BCUT2D eigenvalue weighted by Crippen LogP contribution is 2.10. The molecule has 3 heteroatoms. The van der Waals surface area contributed by atoms with E-state index in [1.807, 2.05) is 0 Å². The fourth-order valence-electron chi connectivity index (χ4n) is 1.63. The summed E-state index contributed by atoms with van der Waals surface area (Å²) in [5, 5.41) is 0. The SMILES string of the molecule is CCN(CC)[C@@H]1COC[C@H]1N. The van der Waals surface area contributed by atoms with E-state index in [1.165, 1.54) is 0 Å². The first kappa shape index (κ1) is 8.97. The second-order valence-electron chi connectivity index (χ2n) is 2.99. The fraction of sp³-hybridized carbons (Fsp3) is 1.00. The van der Waals surface area contributed by atoms with Gasteiger partial charge in [0.25, 0.3) is 0 Å². The second-order valence-corrected chi connectivity index (χ2v) is 2.99. The molecule has 1 heterocycles. The lowest BCUT2D eigenvalue weighted by atomic mass is 10.1. The van der Waals surface area contributed by atoms with Crippen molar-refractivity contribution in [3.05, 3.63) is 0 Å². The molecule has 1 saturated heterocycles. The predicted molar refractivity (Wildman–Crippen MR) is 45.5 cm³/mol. The van der Waals surface area contributed by atoms with Gasteiger partial charge in [-0.15, -0.1) is 0 Å². The standard InChI is InChI=1S/C8H18N2O/c1-3-10(4-2)8-6-11-5-7(8)9/h7-8H,3-6,9H2,1-2H3/t7-,8-/m1/s1. The van der Waals surface area contributed by atoms with Crippen molar-refractivity contribution in [1.82, 2.24) is 4.90 Å². The fourth-order valence-corrected chi connectivity index (χ4v) is 1.63. The van der Waals surface area contributed by atoms with Crippen molar-refractivity contribution in [3.8, 4) is 0 Å². The van der Waals surface area contributed by atoms with Crippen molar-refractivity contribution in [2.75, 3.05) is 26.3 Å². The van der Waals surface area contributed by atoms with Crippen LogP contribution in [0.3, 0.4) is 0 Å². The molecular weight excluding hydrogens is 140 g/mol. The van der Waals surface area contributed by atoms with Gasteiger partial charge < -0.3 is 10.5 Å². The highest BCUT2D eigenvalue weighted by molar-refractivity contribution is 4.85. The molecule has 0 amide bonds. The summed E-state index contributed by atoms with van der Waals surface area (Å²) in [6, 6.07) is 0.667. The van der Waals surface area contributed by atoms with E-state index in [0.717, 1.165) is 26.3 Å². The van der Waals surface area contributed by atoms with Crippen LogP contribution in [0, 0.1) is 0 Å². The molecule has 0 saturated carbocycles. The van der Waals surface area contributed by atoms with Gasteiger partial charge in [0.15, 0.2) is 0 Å². The van der Waals surface area contributed by atoms with Crippen LogP contribution in [0.5, 0.6) is 0 Å². The summed E-state index contributed by atoms with van der Waals surface area (Å²) in [6.45, 7) is 7.99. The molecule has 0 radical (unpaired) electrons. The summed E-state index contributed by atoms with van der Waals surface area (Å²) >= 11 is 0. The average Bonchev–Trinajstić information content (AvgIpc) is 2.40. The topological polar surface area (TPSA) is 38.5 Å². The van der Waals surface area contributed by atoms with Crippen LogP contribution in [-0.4, -0.2) is 43.3 Å². The summed E-state index contributed by atoms with van der Waals surface area (Å²) in [6.07, 6.45) is 0. The van der Waals surface area contributed by atoms with Crippen molar-refractivity contribution in [3.63, 3.8) is 0 Å². The number of nitrogens with zero attached hydrogens (tertiary/aromatic N) is 1. The van der Waals surface area contributed by atoms with E-state index in [9.17, 15) is 0 Å². The Balaban J connectivity index is 2.43. The highest BCUT2D eigenvalue weighted by Gasteiger charge is 2.28. The van der Waals surface area contributed by atoms with E-state index in [4.69, 9.17) is 10.5 Å². The van der Waals surface area contributed by atoms with Crippen LogP contribution in [0.2, 0.25) is 0 Å². The molecular formula is C8H18N2O. The van der Waals surface area contributed by atoms with Gasteiger partial charge in [0, 0.05) is 6.04 Å². The predicted octanol–water partition coefficient (Wildman–Crippen LogP) is 0.0543. The Bertz CT molecular complexity index is 115. The Morgan fingerprint density at radius 3 is 2.36 bits per heavy atom. The van der Waals surface area contributed by atoms with Crippen molar-refractivity contribution in [2.24, 2.45) is 5.73 Å². The van der Waals surface area contributed by atoms with E-state index in [1.54, 1.807) is 0 Å². The van der Waals surface area contributed by atoms with Crippen LogP contribution >= 0.6 is 0 Å². The maximum atomic E-state index is 5.86. The zero-order valence-corrected chi connectivity index (χ0v) is 7.42. The van der Waals surface area contributed by atoms with E-state index in [0.29, 0.717) is 6.04 Å². The Hall–Kier alpha value is -0.120. The lowest BCUT2D eigenvalue weighted by Crippen LogP contribution is -2.46. The molecule has 11 heavy (non-hydrogen) atoms. The molecule has 1 rings (SSSR count). The molecule has 2 atom stereocenters. The van der Waals surface area contributed by atoms with Crippen LogP contribution in [0.15, 0.2) is 0 Å². The molecule has 1 aliphatic heterocycles. The van der Waals surface area contributed by atoms with Gasteiger partial charge in [-0.3, -0.25) is 4.90 Å².